The number of carbonyl (C=O) groups is 2. The lowest BCUT2D eigenvalue weighted by atomic mass is 9.90. The smallest absolute Gasteiger partial charge is 0.338 e. The highest BCUT2D eigenvalue weighted by molar-refractivity contribution is 5.79. The molecule has 1 N–H and O–H groups in total. The monoisotopic (exact) mass is 358 g/mol. The summed E-state index contributed by atoms with van der Waals surface area (Å²) in [6, 6.07) is 0. The van der Waals surface area contributed by atoms with Crippen LogP contribution in [0.15, 0.2) is 0 Å². The second-order valence-electron chi connectivity index (χ2n) is 6.76. The van der Waals surface area contributed by atoms with Gasteiger partial charge in [0.25, 0.3) is 0 Å². The van der Waals surface area contributed by atoms with Crippen molar-refractivity contribution in [3.8, 4) is 0 Å². The number of carbonyl (C=O) groups excluding carboxylic acids is 2. The molecule has 0 spiro atoms. The van der Waals surface area contributed by atoms with Gasteiger partial charge in [-0.25, -0.2) is 4.79 Å². The second-order valence-corrected chi connectivity index (χ2v) is 6.76. The van der Waals surface area contributed by atoms with Crippen molar-refractivity contribution in [3.05, 3.63) is 0 Å². The number of ether oxygens (including phenoxy) is 2. The molecule has 5 nitrogen and oxygen atoms in total. The highest BCUT2D eigenvalue weighted by Gasteiger charge is 2.36. The molecule has 25 heavy (non-hydrogen) atoms. The first-order valence-corrected chi connectivity index (χ1v) is 9.96. The molecule has 0 rings (SSSR count). The molecule has 5 heteroatoms. The lowest BCUT2D eigenvalue weighted by molar-refractivity contribution is -0.167. The second kappa shape index (κ2) is 15.2. The van der Waals surface area contributed by atoms with E-state index in [1.807, 2.05) is 0 Å². The van der Waals surface area contributed by atoms with E-state index in [0.717, 1.165) is 19.3 Å². The summed E-state index contributed by atoms with van der Waals surface area (Å²) in [6.45, 7) is 4.19. The van der Waals surface area contributed by atoms with Gasteiger partial charge in [-0.15, -0.1) is 0 Å². The molecular formula is C20H38O5. The van der Waals surface area contributed by atoms with Gasteiger partial charge in [-0.05, 0) is 32.6 Å². The average Bonchev–Trinajstić information content (AvgIpc) is 2.60. The van der Waals surface area contributed by atoms with Gasteiger partial charge >= 0.3 is 11.9 Å². The molecule has 0 aromatic carbocycles. The minimum atomic E-state index is -1.48. The molecule has 0 radical (unpaired) electrons. The van der Waals surface area contributed by atoms with Crippen molar-refractivity contribution in [1.82, 2.24) is 0 Å². The van der Waals surface area contributed by atoms with Crippen LogP contribution in [0.25, 0.3) is 0 Å². The van der Waals surface area contributed by atoms with Crippen LogP contribution in [0.1, 0.15) is 97.3 Å². The first kappa shape index (κ1) is 23.9. The predicted molar refractivity (Wildman–Crippen MR) is 99.3 cm³/mol. The summed E-state index contributed by atoms with van der Waals surface area (Å²) in [5.74, 6) is -0.895. The Morgan fingerprint density at radius 2 is 1.36 bits per heavy atom. The maximum absolute atomic E-state index is 12.1. The Morgan fingerprint density at radius 1 is 0.840 bits per heavy atom. The zero-order chi connectivity index (χ0) is 19.0. The number of rotatable bonds is 16. The van der Waals surface area contributed by atoms with E-state index in [9.17, 15) is 14.7 Å². The van der Waals surface area contributed by atoms with Crippen LogP contribution in [0.4, 0.5) is 0 Å². The molecule has 0 aromatic heterocycles. The van der Waals surface area contributed by atoms with Crippen LogP contribution >= 0.6 is 0 Å². The summed E-state index contributed by atoms with van der Waals surface area (Å²) in [4.78, 5) is 23.3. The van der Waals surface area contributed by atoms with Gasteiger partial charge < -0.3 is 14.6 Å². The molecule has 0 fully saturated rings. The predicted octanol–water partition coefficient (Wildman–Crippen LogP) is 4.54. The van der Waals surface area contributed by atoms with Crippen LogP contribution in [0.3, 0.4) is 0 Å². The molecule has 0 bridgehead atoms. The zero-order valence-corrected chi connectivity index (χ0v) is 16.5. The van der Waals surface area contributed by atoms with Crippen LogP contribution in [0.5, 0.6) is 0 Å². The topological polar surface area (TPSA) is 72.8 Å². The fourth-order valence-electron chi connectivity index (χ4n) is 2.95. The third-order valence-electron chi connectivity index (χ3n) is 4.55. The van der Waals surface area contributed by atoms with Gasteiger partial charge in [0, 0.05) is 6.42 Å². The maximum atomic E-state index is 12.1. The summed E-state index contributed by atoms with van der Waals surface area (Å²) >= 11 is 0. The number of hydrogen-bond acceptors (Lipinski definition) is 5. The Kier molecular flexibility index (Phi) is 14.5. The third-order valence-corrected chi connectivity index (χ3v) is 4.55. The van der Waals surface area contributed by atoms with Gasteiger partial charge in [0.1, 0.15) is 0 Å². The number of esters is 2. The van der Waals surface area contributed by atoms with E-state index < -0.39 is 11.6 Å². The molecule has 0 aliphatic rings. The SMILES string of the molecule is CCCCCCCCCCCC(O)(CCCC(=O)OC)C(=O)OCC. The van der Waals surface area contributed by atoms with Gasteiger partial charge in [-0.1, -0.05) is 58.3 Å². The third kappa shape index (κ3) is 12.0. The fraction of sp³-hybridized carbons (Fsp3) is 0.900. The summed E-state index contributed by atoms with van der Waals surface area (Å²) in [5.41, 5.74) is -1.48. The zero-order valence-electron chi connectivity index (χ0n) is 16.5. The van der Waals surface area contributed by atoms with E-state index in [0.29, 0.717) is 12.8 Å². The Labute approximate surface area is 153 Å². The van der Waals surface area contributed by atoms with Crippen molar-refractivity contribution in [1.29, 1.82) is 0 Å². The average molecular weight is 359 g/mol. The highest BCUT2D eigenvalue weighted by atomic mass is 16.5. The van der Waals surface area contributed by atoms with Crippen LogP contribution in [-0.2, 0) is 19.1 Å². The Bertz CT molecular complexity index is 356. The van der Waals surface area contributed by atoms with E-state index in [2.05, 4.69) is 11.7 Å². The molecular weight excluding hydrogens is 320 g/mol. The van der Waals surface area contributed by atoms with Crippen molar-refractivity contribution >= 4 is 11.9 Å². The Hall–Kier alpha value is -1.10. The van der Waals surface area contributed by atoms with E-state index in [1.54, 1.807) is 6.92 Å². The van der Waals surface area contributed by atoms with Gasteiger partial charge in [0.05, 0.1) is 13.7 Å². The Morgan fingerprint density at radius 3 is 1.88 bits per heavy atom. The summed E-state index contributed by atoms with van der Waals surface area (Å²) in [5, 5.41) is 10.7. The molecule has 0 saturated heterocycles. The standard InChI is InChI=1S/C20H38O5/c1-4-6-7-8-9-10-11-12-13-16-20(23,19(22)25-5-2)17-14-15-18(21)24-3/h23H,4-17H2,1-3H3. The molecule has 0 aliphatic heterocycles. The number of hydrogen-bond donors (Lipinski definition) is 1. The quantitative estimate of drug-likeness (QED) is 0.324. The summed E-state index contributed by atoms with van der Waals surface area (Å²) in [7, 11) is 1.34. The van der Waals surface area contributed by atoms with E-state index >= 15 is 0 Å². The molecule has 0 amide bonds. The van der Waals surface area contributed by atoms with Crippen LogP contribution in [0, 0.1) is 0 Å². The molecule has 0 aromatic rings. The number of aliphatic hydroxyl groups is 1. The minimum Gasteiger partial charge on any atom is -0.469 e. The first-order valence-electron chi connectivity index (χ1n) is 9.96. The molecule has 1 atom stereocenters. The van der Waals surface area contributed by atoms with Crippen LogP contribution < -0.4 is 0 Å². The number of unbranched alkanes of at least 4 members (excludes halogenated alkanes) is 8. The lowest BCUT2D eigenvalue weighted by Crippen LogP contribution is -2.40. The van der Waals surface area contributed by atoms with Crippen molar-refractivity contribution in [2.24, 2.45) is 0 Å². The van der Waals surface area contributed by atoms with E-state index in [-0.39, 0.29) is 25.4 Å². The largest absolute Gasteiger partial charge is 0.469 e. The fourth-order valence-corrected chi connectivity index (χ4v) is 2.95. The highest BCUT2D eigenvalue weighted by Crippen LogP contribution is 2.24. The van der Waals surface area contributed by atoms with Gasteiger partial charge in [0.2, 0.25) is 0 Å². The summed E-state index contributed by atoms with van der Waals surface area (Å²) < 4.78 is 9.62. The normalized spacial score (nSPS) is 13.3. The van der Waals surface area contributed by atoms with Gasteiger partial charge in [0.15, 0.2) is 5.60 Å². The molecule has 0 saturated carbocycles. The Balaban J connectivity index is 4.09. The van der Waals surface area contributed by atoms with Crippen LogP contribution in [0.2, 0.25) is 0 Å². The maximum Gasteiger partial charge on any atom is 0.338 e. The molecule has 148 valence electrons. The molecule has 1 unspecified atom stereocenters. The molecule has 0 aliphatic carbocycles. The minimum absolute atomic E-state index is 0.204. The van der Waals surface area contributed by atoms with E-state index in [1.165, 1.54) is 45.6 Å². The van der Waals surface area contributed by atoms with Gasteiger partial charge in [-0.2, -0.15) is 0 Å². The summed E-state index contributed by atoms with van der Waals surface area (Å²) in [6.07, 6.45) is 11.9. The lowest BCUT2D eigenvalue weighted by Gasteiger charge is -2.25. The molecule has 0 heterocycles. The van der Waals surface area contributed by atoms with Crippen molar-refractivity contribution in [3.63, 3.8) is 0 Å². The van der Waals surface area contributed by atoms with Crippen molar-refractivity contribution < 1.29 is 24.2 Å². The first-order chi connectivity index (χ1) is 12.0. The number of methoxy groups -OCH3 is 1. The van der Waals surface area contributed by atoms with Crippen LogP contribution in [-0.4, -0.2) is 36.4 Å². The van der Waals surface area contributed by atoms with Crippen molar-refractivity contribution in [2.45, 2.75) is 103 Å². The van der Waals surface area contributed by atoms with Crippen molar-refractivity contribution in [2.75, 3.05) is 13.7 Å². The van der Waals surface area contributed by atoms with E-state index in [4.69, 9.17) is 4.74 Å². The van der Waals surface area contributed by atoms with Gasteiger partial charge in [-0.3, -0.25) is 4.79 Å².